The highest BCUT2D eigenvalue weighted by molar-refractivity contribution is 6.11. The average molecular weight is 1830 g/mol. The van der Waals surface area contributed by atoms with Gasteiger partial charge in [-0.3, -0.25) is 28.8 Å². The van der Waals surface area contributed by atoms with Crippen molar-refractivity contribution in [3.05, 3.63) is 284 Å². The van der Waals surface area contributed by atoms with Crippen LogP contribution in [0.5, 0.6) is 34.5 Å². The van der Waals surface area contributed by atoms with Crippen molar-refractivity contribution in [2.24, 2.45) is 10.8 Å². The first-order valence-electron chi connectivity index (χ1n) is 48.9. The minimum absolute atomic E-state index is 0.00974. The standard InChI is InChI=1S/C112H136N2O20/c1-5-9-13-17-21-39-65-131-105(123)109(106(124)132-66-40-22-18-14-10-6-2)77-95-96(78-109)100(102(120)114-112(85-53-35-27-36-54-85,86-55-37-28-38-56-86)88-58-48-60-94(74-88)128-62-44-30-46-64-130-104(122)82-71-91(117)76-92(118)72-82)98-80-110(107(125)133-67-41-23-19-15-11-7-3,108(126)134-68-42-24-20-16-12-8-4)79-97(98)99(95)101(119)113-111(83-49-31-25-32-50-83,84-51-33-26-34-52-84)87-57-47-59-93(73-87)127-61-43-29-45-63-129-103(121)81-69-89(115)75-90(116)70-81/h25-28,31-38,47-60,69-76,115-118H,5-24,29-30,39-46,61-68,77-80H2,1-4H3,(H,113,119)(H,114,120). The number of hydrogen-bond donors (Lipinski definition) is 6. The van der Waals surface area contributed by atoms with Crippen LogP contribution >= 0.6 is 0 Å². The summed E-state index contributed by atoms with van der Waals surface area (Å²) in [5.41, 5.74) is -4.08. The van der Waals surface area contributed by atoms with Gasteiger partial charge in [0.2, 0.25) is 0 Å². The molecule has 2 aliphatic carbocycles. The Morgan fingerprint density at radius 1 is 0.269 bits per heavy atom. The Hall–Kier alpha value is -12.5. The van der Waals surface area contributed by atoms with Gasteiger partial charge in [-0.1, -0.05) is 302 Å². The fraction of sp³-hybridized carbons (Fsp3) is 0.446. The molecule has 0 radical (unpaired) electrons. The van der Waals surface area contributed by atoms with E-state index in [1.807, 2.05) is 170 Å². The Morgan fingerprint density at radius 3 is 0.769 bits per heavy atom. The van der Waals surface area contributed by atoms with Crippen molar-refractivity contribution in [3.8, 4) is 34.5 Å². The van der Waals surface area contributed by atoms with E-state index in [2.05, 4.69) is 38.3 Å². The van der Waals surface area contributed by atoms with Crippen molar-refractivity contribution in [2.45, 2.75) is 257 Å². The van der Waals surface area contributed by atoms with E-state index in [0.717, 1.165) is 141 Å². The molecule has 0 atom stereocenters. The molecule has 2 amide bonds. The third-order valence-electron chi connectivity index (χ3n) is 25.6. The van der Waals surface area contributed by atoms with Crippen molar-refractivity contribution in [2.75, 3.05) is 52.9 Å². The summed E-state index contributed by atoms with van der Waals surface area (Å²) in [6, 6.07) is 59.6. The number of aromatic hydroxyl groups is 4. The minimum atomic E-state index is -2.25. The smallest absolute Gasteiger partial charge is 0.338 e. The topological polar surface area (TPSA) is 315 Å². The molecular formula is C112H136N2O20. The molecule has 0 aromatic heterocycles. The summed E-state index contributed by atoms with van der Waals surface area (Å²) in [6.07, 6.45) is 21.7. The van der Waals surface area contributed by atoms with E-state index in [1.54, 1.807) is 0 Å². The Bertz CT molecular complexity index is 4740. The monoisotopic (exact) mass is 1830 g/mol. The van der Waals surface area contributed by atoms with Crippen LogP contribution in [0.4, 0.5) is 0 Å². The quantitative estimate of drug-likeness (QED) is 0.00678. The molecule has 6 N–H and O–H groups in total. The number of carbonyl (C=O) groups excluding carboxylic acids is 8. The van der Waals surface area contributed by atoms with Crippen molar-refractivity contribution in [1.29, 1.82) is 0 Å². The first kappa shape index (κ1) is 102. The maximum absolute atomic E-state index is 17.9. The number of ether oxygens (including phenoxy) is 8. The second-order valence-electron chi connectivity index (χ2n) is 35.6. The second-order valence-corrected chi connectivity index (χ2v) is 35.6. The molecule has 11 rings (SSSR count). The van der Waals surface area contributed by atoms with Crippen molar-refractivity contribution in [3.63, 3.8) is 0 Å². The third-order valence-corrected chi connectivity index (χ3v) is 25.6. The molecule has 22 heteroatoms. The zero-order chi connectivity index (χ0) is 95.0. The summed E-state index contributed by atoms with van der Waals surface area (Å²) in [7, 11) is 0. The van der Waals surface area contributed by atoms with Crippen LogP contribution in [0.2, 0.25) is 0 Å². The number of phenols is 4. The Morgan fingerprint density at radius 2 is 0.500 bits per heavy atom. The molecule has 9 aromatic rings. The van der Waals surface area contributed by atoms with Gasteiger partial charge in [-0.25, -0.2) is 9.59 Å². The number of benzene rings is 9. The van der Waals surface area contributed by atoms with Crippen LogP contribution in [0.25, 0.3) is 0 Å². The maximum atomic E-state index is 17.9. The van der Waals surface area contributed by atoms with Gasteiger partial charge in [-0.05, 0) is 168 Å². The number of phenolic OH excluding ortho intramolecular Hbond substituents is 4. The molecule has 0 aliphatic heterocycles. The summed E-state index contributed by atoms with van der Waals surface area (Å²) in [6.45, 7) is 8.95. The van der Waals surface area contributed by atoms with Gasteiger partial charge in [0.05, 0.1) is 64.0 Å². The second kappa shape index (κ2) is 52.3. The summed E-state index contributed by atoms with van der Waals surface area (Å²) in [5, 5.41) is 47.4. The Balaban J connectivity index is 1.09. The van der Waals surface area contributed by atoms with Gasteiger partial charge in [0.15, 0.2) is 10.8 Å². The number of unbranched alkanes of at least 4 members (excludes halogenated alkanes) is 24. The fourth-order valence-corrected chi connectivity index (χ4v) is 18.5. The van der Waals surface area contributed by atoms with Gasteiger partial charge in [0.1, 0.15) is 45.6 Å². The van der Waals surface area contributed by atoms with E-state index >= 15 is 28.8 Å². The molecule has 0 heterocycles. The molecule has 22 nitrogen and oxygen atoms in total. The number of amides is 2. The van der Waals surface area contributed by atoms with Crippen molar-refractivity contribution >= 4 is 47.6 Å². The van der Waals surface area contributed by atoms with Crippen molar-refractivity contribution in [1.82, 2.24) is 10.6 Å². The van der Waals surface area contributed by atoms with Gasteiger partial charge in [-0.15, -0.1) is 0 Å². The predicted octanol–water partition coefficient (Wildman–Crippen LogP) is 22.5. The SMILES string of the molecule is CCCCCCCCOC(=O)C1(C(=O)OCCCCCCCC)Cc2c(c(C(=O)NC(c3ccccc3)(c3ccccc3)c3cccc(OCCCCCOC(=O)c4cc(O)cc(O)c4)c3)c3c(c2C(=O)NC(c2ccccc2)(c2ccccc2)c2cccc(OCCCCCOC(=O)c4cc(O)cc(O)c4)c2)CC(C(=O)OCCCCCCCC)(C(=O)OCCCCCCCC)C3)C1. The first-order valence-corrected chi connectivity index (χ1v) is 48.9. The van der Waals surface area contributed by atoms with Crippen molar-refractivity contribution < 1.29 is 96.7 Å². The van der Waals surface area contributed by atoms with E-state index in [9.17, 15) is 30.0 Å². The third kappa shape index (κ3) is 27.0. The highest BCUT2D eigenvalue weighted by Crippen LogP contribution is 2.53. The Labute approximate surface area is 790 Å². The van der Waals surface area contributed by atoms with E-state index < -0.39 is 95.2 Å². The number of carbonyl (C=O) groups is 8. The normalized spacial score (nSPS) is 12.9. The molecule has 0 spiro atoms. The lowest BCUT2D eigenvalue weighted by Gasteiger charge is -2.38. The molecular weight excluding hydrogens is 1690 g/mol. The lowest BCUT2D eigenvalue weighted by Crippen LogP contribution is -2.49. The lowest BCUT2D eigenvalue weighted by atomic mass is 9.76. The van der Waals surface area contributed by atoms with Gasteiger partial charge in [-0.2, -0.15) is 0 Å². The number of esters is 6. The molecule has 0 saturated carbocycles. The summed E-state index contributed by atoms with van der Waals surface area (Å²) < 4.78 is 50.0. The molecule has 0 fully saturated rings. The highest BCUT2D eigenvalue weighted by atomic mass is 16.6. The number of nitrogens with one attached hydrogen (secondary N) is 2. The van der Waals surface area contributed by atoms with Gasteiger partial charge < -0.3 is 69.0 Å². The molecule has 0 unspecified atom stereocenters. The zero-order valence-corrected chi connectivity index (χ0v) is 78.6. The highest BCUT2D eigenvalue weighted by Gasteiger charge is 2.61. The van der Waals surface area contributed by atoms with Gasteiger partial charge in [0, 0.05) is 48.9 Å². The molecule has 9 aromatic carbocycles. The first-order chi connectivity index (χ1) is 65.2. The van der Waals surface area contributed by atoms with Crippen LogP contribution < -0.4 is 20.1 Å². The number of hydrogen-bond acceptors (Lipinski definition) is 20. The van der Waals surface area contributed by atoms with Crippen LogP contribution in [-0.4, -0.2) is 121 Å². The zero-order valence-electron chi connectivity index (χ0n) is 78.6. The fourth-order valence-electron chi connectivity index (χ4n) is 18.5. The van der Waals surface area contributed by atoms with E-state index in [1.165, 1.54) is 24.3 Å². The van der Waals surface area contributed by atoms with E-state index in [0.29, 0.717) is 109 Å². The van der Waals surface area contributed by atoms with Gasteiger partial charge in [0.25, 0.3) is 11.8 Å². The summed E-state index contributed by atoms with van der Waals surface area (Å²) in [4.78, 5) is 127. The lowest BCUT2D eigenvalue weighted by molar-refractivity contribution is -0.173. The van der Waals surface area contributed by atoms with Gasteiger partial charge >= 0.3 is 35.8 Å². The molecule has 2 aliphatic rings. The van der Waals surface area contributed by atoms with Crippen LogP contribution in [0, 0.1) is 10.8 Å². The van der Waals surface area contributed by atoms with Crippen LogP contribution in [-0.2, 0) is 84.4 Å². The molecule has 0 saturated heterocycles. The maximum Gasteiger partial charge on any atom is 0.338 e. The minimum Gasteiger partial charge on any atom is -0.508 e. The molecule has 714 valence electrons. The summed E-state index contributed by atoms with van der Waals surface area (Å²) in [5.74, 6) is -6.72. The van der Waals surface area contributed by atoms with Crippen LogP contribution in [0.1, 0.15) is 317 Å². The molecule has 134 heavy (non-hydrogen) atoms. The van der Waals surface area contributed by atoms with Crippen LogP contribution in [0.3, 0.4) is 0 Å². The van der Waals surface area contributed by atoms with E-state index in [-0.39, 0.29) is 120 Å². The number of fused-ring (bicyclic) bond motifs is 2. The Kier molecular flexibility index (Phi) is 39.8. The average Bonchev–Trinajstić information content (AvgIpc) is 1.53. The largest absolute Gasteiger partial charge is 0.508 e. The number of rotatable bonds is 58. The molecule has 0 bridgehead atoms. The van der Waals surface area contributed by atoms with E-state index in [4.69, 9.17) is 37.9 Å². The summed E-state index contributed by atoms with van der Waals surface area (Å²) >= 11 is 0. The predicted molar refractivity (Wildman–Crippen MR) is 516 cm³/mol. The van der Waals surface area contributed by atoms with Crippen LogP contribution in [0.15, 0.2) is 206 Å².